The Balaban J connectivity index is 1.95. The first-order valence-corrected chi connectivity index (χ1v) is 9.40. The molecule has 7 nitrogen and oxygen atoms in total. The summed E-state index contributed by atoms with van der Waals surface area (Å²) in [4.78, 5) is 10.7. The lowest BCUT2D eigenvalue weighted by Gasteiger charge is -2.12. The average Bonchev–Trinajstić information content (AvgIpc) is 3.09. The van der Waals surface area contributed by atoms with Crippen LogP contribution in [0.1, 0.15) is 22.4 Å². The van der Waals surface area contributed by atoms with Crippen LogP contribution < -0.4 is 10.6 Å². The Kier molecular flexibility index (Phi) is 6.52. The molecule has 3 aromatic rings. The van der Waals surface area contributed by atoms with Crippen LogP contribution in [0.5, 0.6) is 0 Å². The van der Waals surface area contributed by atoms with Gasteiger partial charge in [-0.15, -0.1) is 0 Å². The molecule has 0 fully saturated rings. The molecular formula is C21H24FN7. The normalized spacial score (nSPS) is 10.7. The highest BCUT2D eigenvalue weighted by molar-refractivity contribution is 5.63. The molecule has 2 heterocycles. The number of nitriles is 1. The Labute approximate surface area is 169 Å². The molecule has 1 aromatic carbocycles. The van der Waals surface area contributed by atoms with Gasteiger partial charge in [0, 0.05) is 56.8 Å². The Morgan fingerprint density at radius 1 is 1.24 bits per heavy atom. The number of hydrogen-bond donors (Lipinski definition) is 1. The van der Waals surface area contributed by atoms with Crippen molar-refractivity contribution >= 4 is 5.82 Å². The fourth-order valence-corrected chi connectivity index (χ4v) is 3.09. The fraction of sp³-hybridized carbons (Fsp3) is 0.333. The van der Waals surface area contributed by atoms with Gasteiger partial charge in [-0.2, -0.15) is 10.4 Å². The third kappa shape index (κ3) is 4.76. The van der Waals surface area contributed by atoms with E-state index < -0.39 is 6.67 Å². The molecule has 2 N–H and O–H groups in total. The Morgan fingerprint density at radius 2 is 2.00 bits per heavy atom. The summed E-state index contributed by atoms with van der Waals surface area (Å²) in [5.74, 6) is 1.31. The van der Waals surface area contributed by atoms with E-state index in [1.165, 1.54) is 0 Å². The Hall–Kier alpha value is -3.31. The van der Waals surface area contributed by atoms with E-state index in [0.29, 0.717) is 30.2 Å². The lowest BCUT2D eigenvalue weighted by Crippen LogP contribution is -2.20. The van der Waals surface area contributed by atoms with Gasteiger partial charge in [0.1, 0.15) is 6.67 Å². The quantitative estimate of drug-likeness (QED) is 0.630. The second-order valence-corrected chi connectivity index (χ2v) is 6.84. The smallest absolute Gasteiger partial charge is 0.159 e. The number of benzene rings is 1. The summed E-state index contributed by atoms with van der Waals surface area (Å²) in [5.41, 5.74) is 9.88. The molecule has 2 aromatic heterocycles. The molecule has 0 unspecified atom stereocenters. The van der Waals surface area contributed by atoms with Gasteiger partial charge in [0.2, 0.25) is 0 Å². The summed E-state index contributed by atoms with van der Waals surface area (Å²) in [6.45, 7) is 0.396. The number of alkyl halides is 1. The molecule has 0 radical (unpaired) electrons. The molecule has 0 saturated carbocycles. The van der Waals surface area contributed by atoms with E-state index in [1.54, 1.807) is 28.0 Å². The zero-order valence-electron chi connectivity index (χ0n) is 16.6. The van der Waals surface area contributed by atoms with Gasteiger partial charge in [0.25, 0.3) is 0 Å². The first-order valence-electron chi connectivity index (χ1n) is 9.40. The van der Waals surface area contributed by atoms with Gasteiger partial charge in [0.15, 0.2) is 11.6 Å². The van der Waals surface area contributed by atoms with Crippen LogP contribution in [0.4, 0.5) is 10.2 Å². The van der Waals surface area contributed by atoms with E-state index in [1.807, 2.05) is 32.3 Å². The molecule has 0 spiro atoms. The molecule has 29 heavy (non-hydrogen) atoms. The van der Waals surface area contributed by atoms with E-state index in [0.717, 1.165) is 28.8 Å². The molecule has 3 rings (SSSR count). The number of hydrogen-bond acceptors (Lipinski definition) is 6. The summed E-state index contributed by atoms with van der Waals surface area (Å²) in [7, 11) is 3.66. The second kappa shape index (κ2) is 9.26. The van der Waals surface area contributed by atoms with E-state index in [-0.39, 0.29) is 6.54 Å². The molecule has 0 aliphatic carbocycles. The minimum atomic E-state index is -0.436. The number of anilines is 1. The van der Waals surface area contributed by atoms with Gasteiger partial charge in [-0.1, -0.05) is 0 Å². The number of rotatable bonds is 8. The minimum Gasteiger partial charge on any atom is -0.356 e. The van der Waals surface area contributed by atoms with Gasteiger partial charge in [-0.25, -0.2) is 14.4 Å². The maximum atomic E-state index is 12.7. The van der Waals surface area contributed by atoms with Crippen molar-refractivity contribution in [2.24, 2.45) is 12.8 Å². The monoisotopic (exact) mass is 393 g/mol. The van der Waals surface area contributed by atoms with Crippen LogP contribution in [0.15, 0.2) is 36.7 Å². The van der Waals surface area contributed by atoms with Crippen molar-refractivity contribution in [1.29, 1.82) is 5.26 Å². The molecule has 0 aliphatic heterocycles. The number of aromatic nitrogens is 4. The maximum Gasteiger partial charge on any atom is 0.159 e. The van der Waals surface area contributed by atoms with E-state index >= 15 is 0 Å². The molecule has 0 amide bonds. The van der Waals surface area contributed by atoms with Crippen LogP contribution in [0, 0.1) is 11.3 Å². The van der Waals surface area contributed by atoms with Crippen molar-refractivity contribution in [3.8, 4) is 17.5 Å². The van der Waals surface area contributed by atoms with Crippen molar-refractivity contribution in [2.45, 2.75) is 12.8 Å². The highest BCUT2D eigenvalue weighted by atomic mass is 19.1. The minimum absolute atomic E-state index is 0.286. The highest BCUT2D eigenvalue weighted by Gasteiger charge is 2.14. The second-order valence-electron chi connectivity index (χ2n) is 6.84. The molecule has 150 valence electrons. The van der Waals surface area contributed by atoms with E-state index in [2.05, 4.69) is 21.1 Å². The Bertz CT molecular complexity index is 1000. The van der Waals surface area contributed by atoms with Gasteiger partial charge >= 0.3 is 0 Å². The third-order valence-corrected chi connectivity index (χ3v) is 4.76. The number of halogens is 1. The summed E-state index contributed by atoms with van der Waals surface area (Å²) in [6, 6.07) is 9.61. The van der Waals surface area contributed by atoms with Crippen LogP contribution in [0.2, 0.25) is 0 Å². The summed E-state index contributed by atoms with van der Waals surface area (Å²) < 4.78 is 14.4. The predicted octanol–water partition coefficient (Wildman–Crippen LogP) is 2.25. The number of nitrogens with two attached hydrogens (primary N) is 1. The standard InChI is InChI=1S/C21H24FN7/c1-28(8-6-22)20-11-18(29(2)27-20)10-17-9-15(12-24)3-4-19(17)21-25-13-16(5-7-23)14-26-21/h3-4,9,11,13-14H,5-8,10,23H2,1-2H3. The predicted molar refractivity (Wildman–Crippen MR) is 110 cm³/mol. The van der Waals surface area contributed by atoms with Crippen molar-refractivity contribution in [2.75, 3.05) is 31.7 Å². The average molecular weight is 393 g/mol. The van der Waals surface area contributed by atoms with Gasteiger partial charge in [-0.3, -0.25) is 4.68 Å². The number of aryl methyl sites for hydroxylation is 1. The van der Waals surface area contributed by atoms with Gasteiger partial charge in [0.05, 0.1) is 11.6 Å². The van der Waals surface area contributed by atoms with Crippen LogP contribution in [0.25, 0.3) is 11.4 Å². The Morgan fingerprint density at radius 3 is 2.66 bits per heavy atom. The van der Waals surface area contributed by atoms with E-state index in [9.17, 15) is 9.65 Å². The molecule has 0 bridgehead atoms. The summed E-state index contributed by atoms with van der Waals surface area (Å²) in [5, 5.41) is 13.8. The molecule has 0 atom stereocenters. The van der Waals surface area contributed by atoms with Crippen molar-refractivity contribution in [3.63, 3.8) is 0 Å². The lowest BCUT2D eigenvalue weighted by atomic mass is 9.99. The first kappa shape index (κ1) is 20.4. The summed E-state index contributed by atoms with van der Waals surface area (Å²) >= 11 is 0. The first-order chi connectivity index (χ1) is 14.0. The highest BCUT2D eigenvalue weighted by Crippen LogP contribution is 2.25. The van der Waals surface area contributed by atoms with Crippen LogP contribution in [-0.4, -0.2) is 46.6 Å². The SMILES string of the molecule is CN(CCF)c1cc(Cc2cc(C#N)ccc2-c2ncc(CCN)cn2)n(C)n1. The zero-order chi connectivity index (χ0) is 20.8. The van der Waals surface area contributed by atoms with Gasteiger partial charge < -0.3 is 10.6 Å². The largest absolute Gasteiger partial charge is 0.356 e. The van der Waals surface area contributed by atoms with Crippen LogP contribution in [0.3, 0.4) is 0 Å². The molecule has 0 aliphatic rings. The molecule has 8 heteroatoms. The van der Waals surface area contributed by atoms with Crippen molar-refractivity contribution in [3.05, 3.63) is 59.0 Å². The van der Waals surface area contributed by atoms with Crippen LogP contribution >= 0.6 is 0 Å². The van der Waals surface area contributed by atoms with Gasteiger partial charge in [-0.05, 0) is 42.3 Å². The summed E-state index contributed by atoms with van der Waals surface area (Å²) in [6.07, 6.45) is 4.84. The van der Waals surface area contributed by atoms with Crippen LogP contribution in [-0.2, 0) is 19.9 Å². The fourth-order valence-electron chi connectivity index (χ4n) is 3.09. The van der Waals surface area contributed by atoms with Crippen molar-refractivity contribution < 1.29 is 4.39 Å². The molecular weight excluding hydrogens is 369 g/mol. The lowest BCUT2D eigenvalue weighted by molar-refractivity contribution is 0.496. The number of nitrogens with zero attached hydrogens (tertiary/aromatic N) is 6. The topological polar surface area (TPSA) is 96.6 Å². The zero-order valence-corrected chi connectivity index (χ0v) is 16.6. The maximum absolute atomic E-state index is 12.7. The van der Waals surface area contributed by atoms with E-state index in [4.69, 9.17) is 5.73 Å². The van der Waals surface area contributed by atoms with Crippen molar-refractivity contribution in [1.82, 2.24) is 19.7 Å². The third-order valence-electron chi connectivity index (χ3n) is 4.76. The molecule has 0 saturated heterocycles.